The van der Waals surface area contributed by atoms with E-state index in [2.05, 4.69) is 10.6 Å². The molecule has 0 atom stereocenters. The first kappa shape index (κ1) is 20.6. The summed E-state index contributed by atoms with van der Waals surface area (Å²) in [5.41, 5.74) is -0.558. The molecule has 0 fully saturated rings. The lowest BCUT2D eigenvalue weighted by Crippen LogP contribution is -2.42. The maximum atomic E-state index is 11.5. The predicted molar refractivity (Wildman–Crippen MR) is 84.5 cm³/mol. The van der Waals surface area contributed by atoms with Gasteiger partial charge in [0.2, 0.25) is 6.41 Å². The summed E-state index contributed by atoms with van der Waals surface area (Å²) in [5, 5.41) is 4.98. The number of hydrogen-bond acceptors (Lipinski definition) is 5. The lowest BCUT2D eigenvalue weighted by molar-refractivity contribution is -0.154. The molecule has 0 aromatic carbocycles. The molecule has 0 aromatic rings. The number of carbonyl (C=O) groups excluding carboxylic acids is 4. The monoisotopic (exact) mass is 327 g/mol. The van der Waals surface area contributed by atoms with Crippen LogP contribution in [0.3, 0.4) is 0 Å². The SMILES string of the molecule is C/C=C\C(=O)N(C=O)CCNC(=O)NCCC(=O)OC(C)(C)C. The third-order valence-corrected chi connectivity index (χ3v) is 2.39. The first-order valence-electron chi connectivity index (χ1n) is 7.31. The normalized spacial score (nSPS) is 11.0. The summed E-state index contributed by atoms with van der Waals surface area (Å²) in [5.74, 6) is -0.850. The number of urea groups is 1. The summed E-state index contributed by atoms with van der Waals surface area (Å²) in [6.07, 6.45) is 3.25. The van der Waals surface area contributed by atoms with Crippen LogP contribution in [0.15, 0.2) is 12.2 Å². The third kappa shape index (κ3) is 10.9. The fraction of sp³-hybridized carbons (Fsp3) is 0.600. The van der Waals surface area contributed by atoms with Crippen molar-refractivity contribution in [2.75, 3.05) is 19.6 Å². The fourth-order valence-corrected chi connectivity index (χ4v) is 1.48. The van der Waals surface area contributed by atoms with E-state index in [9.17, 15) is 19.2 Å². The summed E-state index contributed by atoms with van der Waals surface area (Å²) in [7, 11) is 0. The van der Waals surface area contributed by atoms with E-state index in [1.54, 1.807) is 27.7 Å². The third-order valence-electron chi connectivity index (χ3n) is 2.39. The van der Waals surface area contributed by atoms with E-state index in [0.717, 1.165) is 4.90 Å². The van der Waals surface area contributed by atoms with Crippen LogP contribution in [0.5, 0.6) is 0 Å². The van der Waals surface area contributed by atoms with Crippen molar-refractivity contribution in [2.24, 2.45) is 0 Å². The predicted octanol–water partition coefficient (Wildman–Crippen LogP) is 0.579. The van der Waals surface area contributed by atoms with Crippen molar-refractivity contribution in [1.29, 1.82) is 0 Å². The van der Waals surface area contributed by atoms with Crippen molar-refractivity contribution >= 4 is 24.3 Å². The molecule has 0 spiro atoms. The van der Waals surface area contributed by atoms with Crippen molar-refractivity contribution in [3.05, 3.63) is 12.2 Å². The fourth-order valence-electron chi connectivity index (χ4n) is 1.48. The minimum atomic E-state index is -0.558. The molecule has 130 valence electrons. The van der Waals surface area contributed by atoms with Crippen LogP contribution in [-0.2, 0) is 19.1 Å². The molecule has 0 radical (unpaired) electrons. The van der Waals surface area contributed by atoms with E-state index in [4.69, 9.17) is 4.74 Å². The summed E-state index contributed by atoms with van der Waals surface area (Å²) < 4.78 is 5.10. The Morgan fingerprint density at radius 3 is 2.26 bits per heavy atom. The van der Waals surface area contributed by atoms with Crippen molar-refractivity contribution < 1.29 is 23.9 Å². The van der Waals surface area contributed by atoms with Gasteiger partial charge < -0.3 is 15.4 Å². The molecule has 23 heavy (non-hydrogen) atoms. The second kappa shape index (κ2) is 10.4. The Morgan fingerprint density at radius 1 is 1.13 bits per heavy atom. The standard InChI is InChI=1S/C15H25N3O5/c1-5-6-12(20)18(11-19)10-9-17-14(22)16-8-7-13(21)23-15(2,3)4/h5-6,11H,7-10H2,1-4H3,(H2,16,17,22)/b6-5-. The molecular formula is C15H25N3O5. The molecule has 0 aliphatic heterocycles. The van der Waals surface area contributed by atoms with Gasteiger partial charge in [-0.25, -0.2) is 4.79 Å². The van der Waals surface area contributed by atoms with Crippen LogP contribution < -0.4 is 10.6 Å². The Bertz CT molecular complexity index is 455. The van der Waals surface area contributed by atoms with Crippen molar-refractivity contribution in [2.45, 2.75) is 39.7 Å². The van der Waals surface area contributed by atoms with E-state index in [-0.39, 0.29) is 26.1 Å². The van der Waals surface area contributed by atoms with Crippen LogP contribution in [0.25, 0.3) is 0 Å². The maximum absolute atomic E-state index is 11.5. The van der Waals surface area contributed by atoms with Gasteiger partial charge in [0.1, 0.15) is 5.60 Å². The first-order valence-corrected chi connectivity index (χ1v) is 7.31. The first-order chi connectivity index (χ1) is 10.7. The topological polar surface area (TPSA) is 105 Å². The Balaban J connectivity index is 3.93. The van der Waals surface area contributed by atoms with Crippen molar-refractivity contribution in [1.82, 2.24) is 15.5 Å². The van der Waals surface area contributed by atoms with Gasteiger partial charge in [-0.1, -0.05) is 6.08 Å². The smallest absolute Gasteiger partial charge is 0.314 e. The van der Waals surface area contributed by atoms with Gasteiger partial charge in [-0.15, -0.1) is 0 Å². The quantitative estimate of drug-likeness (QED) is 0.385. The van der Waals surface area contributed by atoms with Crippen LogP contribution >= 0.6 is 0 Å². The summed E-state index contributed by atoms with van der Waals surface area (Å²) in [6, 6.07) is -0.488. The molecule has 0 heterocycles. The number of ether oxygens (including phenoxy) is 1. The molecule has 0 saturated heterocycles. The van der Waals surface area contributed by atoms with Gasteiger partial charge in [0.05, 0.1) is 6.42 Å². The Hall–Kier alpha value is -2.38. The Kier molecular flexibility index (Phi) is 9.29. The molecule has 2 N–H and O–H groups in total. The van der Waals surface area contributed by atoms with Crippen molar-refractivity contribution in [3.63, 3.8) is 0 Å². The van der Waals surface area contributed by atoms with Gasteiger partial charge in [-0.2, -0.15) is 0 Å². The van der Waals surface area contributed by atoms with Crippen molar-refractivity contribution in [3.8, 4) is 0 Å². The average molecular weight is 327 g/mol. The number of nitrogens with zero attached hydrogens (tertiary/aromatic N) is 1. The molecule has 0 rings (SSSR count). The van der Waals surface area contributed by atoms with Crippen LogP contribution in [-0.4, -0.2) is 54.5 Å². The number of imide groups is 1. The highest BCUT2D eigenvalue weighted by Crippen LogP contribution is 2.07. The number of esters is 1. The zero-order valence-electron chi connectivity index (χ0n) is 14.0. The van der Waals surface area contributed by atoms with Gasteiger partial charge in [0, 0.05) is 19.6 Å². The zero-order valence-corrected chi connectivity index (χ0v) is 14.0. The highest BCUT2D eigenvalue weighted by atomic mass is 16.6. The molecular weight excluding hydrogens is 302 g/mol. The van der Waals surface area contributed by atoms with Gasteiger partial charge >= 0.3 is 12.0 Å². The van der Waals surface area contributed by atoms with E-state index < -0.39 is 23.5 Å². The van der Waals surface area contributed by atoms with E-state index in [0.29, 0.717) is 6.41 Å². The lowest BCUT2D eigenvalue weighted by atomic mass is 10.2. The number of amides is 4. The van der Waals surface area contributed by atoms with Gasteiger partial charge in [0.25, 0.3) is 5.91 Å². The molecule has 0 aromatic heterocycles. The summed E-state index contributed by atoms with van der Waals surface area (Å²) in [6.45, 7) is 7.26. The van der Waals surface area contributed by atoms with Crippen LogP contribution in [0, 0.1) is 0 Å². The number of carbonyl (C=O) groups is 4. The highest BCUT2D eigenvalue weighted by molar-refractivity contribution is 5.94. The van der Waals surface area contributed by atoms with E-state index in [1.165, 1.54) is 12.2 Å². The van der Waals surface area contributed by atoms with E-state index >= 15 is 0 Å². The Morgan fingerprint density at radius 2 is 1.74 bits per heavy atom. The molecule has 8 nitrogen and oxygen atoms in total. The van der Waals surface area contributed by atoms with Crippen LogP contribution in [0.2, 0.25) is 0 Å². The zero-order chi connectivity index (χ0) is 17.9. The highest BCUT2D eigenvalue weighted by Gasteiger charge is 2.16. The minimum Gasteiger partial charge on any atom is -0.460 e. The molecule has 4 amide bonds. The lowest BCUT2D eigenvalue weighted by Gasteiger charge is -2.19. The molecule has 0 aliphatic rings. The van der Waals surface area contributed by atoms with E-state index in [1.807, 2.05) is 0 Å². The second-order valence-electron chi connectivity index (χ2n) is 5.66. The molecule has 0 bridgehead atoms. The molecule has 0 unspecified atom stereocenters. The molecule has 0 aliphatic carbocycles. The minimum absolute atomic E-state index is 0.0604. The van der Waals surface area contributed by atoms with Gasteiger partial charge in [-0.3, -0.25) is 19.3 Å². The summed E-state index contributed by atoms with van der Waals surface area (Å²) in [4.78, 5) is 46.1. The summed E-state index contributed by atoms with van der Waals surface area (Å²) >= 11 is 0. The average Bonchev–Trinajstić information content (AvgIpc) is 2.41. The second-order valence-corrected chi connectivity index (χ2v) is 5.66. The Labute approximate surface area is 136 Å². The molecule has 0 saturated carbocycles. The van der Waals surface area contributed by atoms with Crippen LogP contribution in [0.4, 0.5) is 4.79 Å². The van der Waals surface area contributed by atoms with Gasteiger partial charge in [0.15, 0.2) is 0 Å². The molecule has 8 heteroatoms. The number of hydrogen-bond donors (Lipinski definition) is 2. The maximum Gasteiger partial charge on any atom is 0.314 e. The number of allylic oxidation sites excluding steroid dienone is 1. The largest absolute Gasteiger partial charge is 0.460 e. The number of nitrogens with one attached hydrogen (secondary N) is 2. The van der Waals surface area contributed by atoms with Gasteiger partial charge in [-0.05, 0) is 33.8 Å². The van der Waals surface area contributed by atoms with Crippen LogP contribution in [0.1, 0.15) is 34.1 Å². The number of rotatable bonds is 8.